The van der Waals surface area contributed by atoms with Gasteiger partial charge in [0.25, 0.3) is 0 Å². The molecule has 2 fully saturated rings. The zero-order valence-corrected chi connectivity index (χ0v) is 15.8. The molecule has 1 aromatic heterocycles. The molecule has 0 bridgehead atoms. The first-order chi connectivity index (χ1) is 11.9. The van der Waals surface area contributed by atoms with E-state index in [1.807, 2.05) is 6.07 Å². The minimum atomic E-state index is 0.0680. The van der Waals surface area contributed by atoms with Gasteiger partial charge in [0.2, 0.25) is 5.95 Å². The van der Waals surface area contributed by atoms with Crippen molar-refractivity contribution < 1.29 is 0 Å². The van der Waals surface area contributed by atoms with E-state index in [2.05, 4.69) is 45.9 Å². The number of likely N-dealkylation sites (N-methyl/N-ethyl adjacent to an activating group) is 1. The summed E-state index contributed by atoms with van der Waals surface area (Å²) in [5, 5.41) is 3.49. The number of nitrogens with two attached hydrogens (primary N) is 2. The highest BCUT2D eigenvalue weighted by atomic mass is 15.3. The summed E-state index contributed by atoms with van der Waals surface area (Å²) in [6.45, 7) is 13.3. The van der Waals surface area contributed by atoms with E-state index >= 15 is 0 Å². The van der Waals surface area contributed by atoms with E-state index in [0.29, 0.717) is 17.9 Å². The molecule has 1 saturated heterocycles. The molecule has 7 heteroatoms. The van der Waals surface area contributed by atoms with Crippen molar-refractivity contribution in [3.8, 4) is 0 Å². The van der Waals surface area contributed by atoms with Crippen LogP contribution in [0.1, 0.15) is 45.2 Å². The Morgan fingerprint density at radius 1 is 1.20 bits per heavy atom. The third-order valence-electron chi connectivity index (χ3n) is 5.73. The lowest BCUT2D eigenvalue weighted by atomic mass is 9.78. The summed E-state index contributed by atoms with van der Waals surface area (Å²) in [7, 11) is 0. The van der Waals surface area contributed by atoms with Crippen LogP contribution in [-0.2, 0) is 0 Å². The molecule has 0 atom stereocenters. The van der Waals surface area contributed by atoms with Crippen molar-refractivity contribution >= 4 is 11.8 Å². The van der Waals surface area contributed by atoms with Gasteiger partial charge in [-0.3, -0.25) is 4.90 Å². The summed E-state index contributed by atoms with van der Waals surface area (Å²) in [5.41, 5.74) is 12.9. The first-order valence-corrected chi connectivity index (χ1v) is 9.48. The Hall–Kier alpha value is -1.44. The van der Waals surface area contributed by atoms with Gasteiger partial charge in [-0.2, -0.15) is 4.98 Å². The zero-order chi connectivity index (χ0) is 18.0. The number of nitrogens with zero attached hydrogens (tertiary/aromatic N) is 4. The van der Waals surface area contributed by atoms with Gasteiger partial charge in [-0.15, -0.1) is 0 Å². The average Bonchev–Trinajstić information content (AvgIpc) is 2.57. The number of nitrogens with one attached hydrogen (secondary N) is 1. The Labute approximate surface area is 151 Å². The van der Waals surface area contributed by atoms with Gasteiger partial charge in [-0.1, -0.05) is 6.92 Å². The van der Waals surface area contributed by atoms with Crippen molar-refractivity contribution in [3.63, 3.8) is 0 Å². The summed E-state index contributed by atoms with van der Waals surface area (Å²) in [5.74, 6) is 1.59. The van der Waals surface area contributed by atoms with Crippen molar-refractivity contribution in [3.05, 3.63) is 11.8 Å². The first-order valence-electron chi connectivity index (χ1n) is 9.48. The number of rotatable bonds is 6. The predicted molar refractivity (Wildman–Crippen MR) is 103 cm³/mol. The van der Waals surface area contributed by atoms with Crippen LogP contribution in [0.5, 0.6) is 0 Å². The van der Waals surface area contributed by atoms with Crippen LogP contribution in [-0.4, -0.2) is 70.6 Å². The lowest BCUT2D eigenvalue weighted by Gasteiger charge is -2.44. The van der Waals surface area contributed by atoms with Crippen LogP contribution in [0.2, 0.25) is 0 Å². The van der Waals surface area contributed by atoms with E-state index in [0.717, 1.165) is 63.6 Å². The summed E-state index contributed by atoms with van der Waals surface area (Å²) < 4.78 is 0. The molecule has 3 rings (SSSR count). The number of anilines is 2. The van der Waals surface area contributed by atoms with Crippen LogP contribution in [0, 0.1) is 0 Å². The number of nitrogen functional groups attached to an aromatic ring is 1. The van der Waals surface area contributed by atoms with Gasteiger partial charge in [-0.25, -0.2) is 4.98 Å². The van der Waals surface area contributed by atoms with Crippen molar-refractivity contribution in [1.29, 1.82) is 0 Å². The largest absolute Gasteiger partial charge is 0.368 e. The van der Waals surface area contributed by atoms with Crippen LogP contribution in [0.3, 0.4) is 0 Å². The lowest BCUT2D eigenvalue weighted by Crippen LogP contribution is -2.57. The first kappa shape index (κ1) is 18.4. The van der Waals surface area contributed by atoms with Crippen molar-refractivity contribution in [2.75, 3.05) is 50.3 Å². The van der Waals surface area contributed by atoms with Crippen molar-refractivity contribution in [2.45, 2.75) is 51.1 Å². The van der Waals surface area contributed by atoms with E-state index in [-0.39, 0.29) is 5.54 Å². The monoisotopic (exact) mass is 347 g/mol. The number of hydrogen-bond acceptors (Lipinski definition) is 7. The normalized spacial score (nSPS) is 25.6. The van der Waals surface area contributed by atoms with Gasteiger partial charge >= 0.3 is 0 Å². The van der Waals surface area contributed by atoms with Gasteiger partial charge in [0.15, 0.2) is 0 Å². The molecule has 2 heterocycles. The van der Waals surface area contributed by atoms with Gasteiger partial charge in [-0.05, 0) is 33.2 Å². The van der Waals surface area contributed by atoms with E-state index in [9.17, 15) is 0 Å². The molecule has 1 aliphatic carbocycles. The second-order valence-electron chi connectivity index (χ2n) is 8.05. The molecule has 0 amide bonds. The Morgan fingerprint density at radius 3 is 2.48 bits per heavy atom. The third kappa shape index (κ3) is 4.40. The molecule has 2 aliphatic rings. The zero-order valence-electron chi connectivity index (χ0n) is 15.8. The highest BCUT2D eigenvalue weighted by Gasteiger charge is 2.31. The van der Waals surface area contributed by atoms with Gasteiger partial charge < -0.3 is 21.7 Å². The molecule has 1 saturated carbocycles. The Morgan fingerprint density at radius 2 is 1.88 bits per heavy atom. The van der Waals surface area contributed by atoms with Gasteiger partial charge in [0.1, 0.15) is 5.82 Å². The summed E-state index contributed by atoms with van der Waals surface area (Å²) in [6, 6.07) is 2.34. The highest BCUT2D eigenvalue weighted by molar-refractivity contribution is 5.42. The second-order valence-corrected chi connectivity index (χ2v) is 8.05. The van der Waals surface area contributed by atoms with E-state index < -0.39 is 0 Å². The number of aromatic nitrogens is 2. The molecule has 0 radical (unpaired) electrons. The fourth-order valence-electron chi connectivity index (χ4n) is 3.78. The average molecular weight is 348 g/mol. The summed E-state index contributed by atoms with van der Waals surface area (Å²) in [4.78, 5) is 13.8. The highest BCUT2D eigenvalue weighted by Crippen LogP contribution is 2.35. The molecular formula is C18H33N7. The Kier molecular flexibility index (Phi) is 5.46. The molecule has 0 aromatic carbocycles. The maximum atomic E-state index is 5.91. The topological polar surface area (TPSA) is 96.3 Å². The fraction of sp³-hybridized carbons (Fsp3) is 0.778. The molecule has 7 nitrogen and oxygen atoms in total. The predicted octanol–water partition coefficient (Wildman–Crippen LogP) is 1.09. The molecule has 25 heavy (non-hydrogen) atoms. The molecule has 0 spiro atoms. The Balaban J connectivity index is 1.59. The quantitative estimate of drug-likeness (QED) is 0.709. The summed E-state index contributed by atoms with van der Waals surface area (Å²) in [6.07, 6.45) is 1.98. The maximum Gasteiger partial charge on any atom is 0.222 e. The summed E-state index contributed by atoms with van der Waals surface area (Å²) >= 11 is 0. The maximum absolute atomic E-state index is 5.91. The van der Waals surface area contributed by atoms with Crippen molar-refractivity contribution in [2.24, 2.45) is 5.73 Å². The van der Waals surface area contributed by atoms with Crippen LogP contribution < -0.4 is 16.8 Å². The molecule has 0 unspecified atom stereocenters. The third-order valence-corrected chi connectivity index (χ3v) is 5.73. The molecular weight excluding hydrogens is 314 g/mol. The molecule has 1 aliphatic heterocycles. The lowest BCUT2D eigenvalue weighted by molar-refractivity contribution is 0.0614. The van der Waals surface area contributed by atoms with Gasteiger partial charge in [0.05, 0.1) is 5.69 Å². The smallest absolute Gasteiger partial charge is 0.222 e. The fourth-order valence-corrected chi connectivity index (χ4v) is 3.78. The van der Waals surface area contributed by atoms with E-state index in [1.165, 1.54) is 0 Å². The molecule has 1 aromatic rings. The van der Waals surface area contributed by atoms with E-state index in [1.54, 1.807) is 0 Å². The standard InChI is InChI=1S/C18H33N7/c1-4-24-5-7-25(8-6-24)18(2,3)12-21-16-11-15(22-17(20)23-16)13-9-14(19)10-13/h11,13-14H,4-10,12,19H2,1-3H3,(H3,20,21,22,23). The molecule has 140 valence electrons. The minimum absolute atomic E-state index is 0.0680. The van der Waals surface area contributed by atoms with Crippen LogP contribution in [0.15, 0.2) is 6.07 Å². The number of piperazine rings is 1. The minimum Gasteiger partial charge on any atom is -0.368 e. The van der Waals surface area contributed by atoms with Crippen LogP contribution in [0.4, 0.5) is 11.8 Å². The SMILES string of the molecule is CCN1CCN(C(C)(C)CNc2cc(C3CC(N)C3)nc(N)n2)CC1. The van der Waals surface area contributed by atoms with Crippen LogP contribution in [0.25, 0.3) is 0 Å². The Bertz CT molecular complexity index is 575. The van der Waals surface area contributed by atoms with Crippen LogP contribution >= 0.6 is 0 Å². The number of hydrogen-bond donors (Lipinski definition) is 3. The second kappa shape index (κ2) is 7.43. The molecule has 5 N–H and O–H groups in total. The van der Waals surface area contributed by atoms with Gasteiger partial charge in [0, 0.05) is 56.3 Å². The van der Waals surface area contributed by atoms with Crippen molar-refractivity contribution in [1.82, 2.24) is 19.8 Å². The van der Waals surface area contributed by atoms with E-state index in [4.69, 9.17) is 11.5 Å².